The Hall–Kier alpha value is -1.56. The van der Waals surface area contributed by atoms with Gasteiger partial charge in [0, 0.05) is 12.2 Å². The van der Waals surface area contributed by atoms with Crippen molar-refractivity contribution in [2.24, 2.45) is 0 Å². The number of carbonyl (C=O) groups excluding carboxylic acids is 1. The maximum atomic E-state index is 12.5. The van der Waals surface area contributed by atoms with Crippen LogP contribution in [0, 0.1) is 0 Å². The predicted molar refractivity (Wildman–Crippen MR) is 108 cm³/mol. The zero-order valence-electron chi connectivity index (χ0n) is 16.2. The molecule has 2 N–H and O–H groups in total. The highest BCUT2D eigenvalue weighted by Gasteiger charge is 2.20. The van der Waals surface area contributed by atoms with Gasteiger partial charge in [-0.1, -0.05) is 31.4 Å². The Balaban J connectivity index is 1.74. The van der Waals surface area contributed by atoms with E-state index in [1.807, 2.05) is 39.0 Å². The molecule has 1 aliphatic rings. The molecule has 1 fully saturated rings. The van der Waals surface area contributed by atoms with E-state index in [1.165, 1.54) is 24.8 Å². The summed E-state index contributed by atoms with van der Waals surface area (Å²) in [6.45, 7) is 6.12. The van der Waals surface area contributed by atoms with E-state index in [0.29, 0.717) is 6.54 Å². The van der Waals surface area contributed by atoms with E-state index in [4.69, 9.17) is 4.74 Å². The lowest BCUT2D eigenvalue weighted by molar-refractivity contribution is 0.0527. The molecule has 1 aliphatic carbocycles. The van der Waals surface area contributed by atoms with E-state index in [2.05, 4.69) is 16.1 Å². The molecule has 1 aromatic rings. The van der Waals surface area contributed by atoms with Crippen LogP contribution in [0.4, 0.5) is 10.5 Å². The molecule has 1 aromatic carbocycles. The van der Waals surface area contributed by atoms with Crippen LogP contribution in [0.5, 0.6) is 0 Å². The van der Waals surface area contributed by atoms with Gasteiger partial charge in [0.25, 0.3) is 0 Å². The second-order valence-electron chi connectivity index (χ2n) is 7.89. The zero-order chi connectivity index (χ0) is 19.0. The van der Waals surface area contributed by atoms with Gasteiger partial charge in [-0.05, 0) is 64.2 Å². The van der Waals surface area contributed by atoms with E-state index in [9.17, 15) is 9.00 Å². The fraction of sp³-hybridized carbons (Fsp3) is 0.650. The number of hydrogen-bond donors (Lipinski definition) is 2. The molecule has 1 unspecified atom stereocenters. The van der Waals surface area contributed by atoms with Gasteiger partial charge in [-0.25, -0.2) is 9.00 Å². The molecule has 6 heteroatoms. The molecule has 1 saturated carbocycles. The van der Waals surface area contributed by atoms with Gasteiger partial charge in [0.05, 0.1) is 5.25 Å². The van der Waals surface area contributed by atoms with Crippen molar-refractivity contribution >= 4 is 22.8 Å². The quantitative estimate of drug-likeness (QED) is 0.682. The van der Waals surface area contributed by atoms with Crippen molar-refractivity contribution in [1.29, 1.82) is 0 Å². The molecule has 0 saturated heterocycles. The van der Waals surface area contributed by atoms with Crippen LogP contribution in [0.2, 0.25) is 0 Å². The summed E-state index contributed by atoms with van der Waals surface area (Å²) in [6.07, 6.45) is 7.03. The lowest BCUT2D eigenvalue weighted by Gasteiger charge is -2.21. The Morgan fingerprint density at radius 2 is 1.96 bits per heavy atom. The molecule has 26 heavy (non-hydrogen) atoms. The average Bonchev–Trinajstić information content (AvgIpc) is 2.58. The normalized spacial score (nSPS) is 16.7. The monoisotopic (exact) mass is 380 g/mol. The molecule has 0 radical (unpaired) electrons. The highest BCUT2D eigenvalue weighted by molar-refractivity contribution is 7.87. The number of amides is 1. The maximum Gasteiger partial charge on any atom is 0.407 e. The first-order valence-corrected chi connectivity index (χ1v) is 10.8. The second kappa shape index (κ2) is 9.95. The van der Waals surface area contributed by atoms with Crippen molar-refractivity contribution in [3.8, 4) is 0 Å². The van der Waals surface area contributed by atoms with Crippen LogP contribution in [0.1, 0.15) is 64.9 Å². The first-order valence-electron chi connectivity index (χ1n) is 9.56. The Morgan fingerprint density at radius 3 is 2.65 bits per heavy atom. The van der Waals surface area contributed by atoms with Gasteiger partial charge >= 0.3 is 6.09 Å². The summed E-state index contributed by atoms with van der Waals surface area (Å²) in [5.41, 5.74) is 1.60. The molecule has 0 bridgehead atoms. The van der Waals surface area contributed by atoms with E-state index in [0.717, 1.165) is 31.4 Å². The summed E-state index contributed by atoms with van der Waals surface area (Å²) in [4.78, 5) is 11.6. The van der Waals surface area contributed by atoms with Gasteiger partial charge in [0.1, 0.15) is 16.6 Å². The van der Waals surface area contributed by atoms with E-state index in [1.54, 1.807) is 0 Å². The molecular weight excluding hydrogens is 348 g/mol. The van der Waals surface area contributed by atoms with Crippen molar-refractivity contribution in [1.82, 2.24) is 5.32 Å². The van der Waals surface area contributed by atoms with Crippen LogP contribution in [0.25, 0.3) is 0 Å². The average molecular weight is 381 g/mol. The van der Waals surface area contributed by atoms with Crippen molar-refractivity contribution in [3.63, 3.8) is 0 Å². The van der Waals surface area contributed by atoms with Crippen LogP contribution < -0.4 is 10.0 Å². The molecule has 0 aliphatic heterocycles. The minimum absolute atomic E-state index is 0.269. The van der Waals surface area contributed by atoms with Gasteiger partial charge in [0.15, 0.2) is 0 Å². The molecule has 146 valence electrons. The molecule has 0 heterocycles. The number of ether oxygens (including phenoxy) is 1. The SMILES string of the molecule is CC(C)(C)OC(=O)NCCCc1cccc(NS(=O)C2CCCCC2)c1. The van der Waals surface area contributed by atoms with Crippen LogP contribution >= 0.6 is 0 Å². The number of alkyl carbamates (subject to hydrolysis) is 1. The largest absolute Gasteiger partial charge is 0.444 e. The summed E-state index contributed by atoms with van der Waals surface area (Å²) >= 11 is 0. The summed E-state index contributed by atoms with van der Waals surface area (Å²) in [5.74, 6) is 0. The minimum atomic E-state index is -1.01. The summed E-state index contributed by atoms with van der Waals surface area (Å²) < 4.78 is 20.9. The van der Waals surface area contributed by atoms with Gasteiger partial charge in [-0.2, -0.15) is 0 Å². The Bertz CT molecular complexity index is 607. The van der Waals surface area contributed by atoms with Crippen molar-refractivity contribution in [2.75, 3.05) is 11.3 Å². The number of anilines is 1. The molecule has 2 rings (SSSR count). The summed E-state index contributed by atoms with van der Waals surface area (Å²) in [6, 6.07) is 8.05. The van der Waals surface area contributed by atoms with Crippen molar-refractivity contribution in [2.45, 2.75) is 76.6 Å². The van der Waals surface area contributed by atoms with E-state index in [-0.39, 0.29) is 11.3 Å². The number of aryl methyl sites for hydroxylation is 1. The molecule has 5 nitrogen and oxygen atoms in total. The van der Waals surface area contributed by atoms with Crippen LogP contribution in [-0.4, -0.2) is 27.7 Å². The fourth-order valence-electron chi connectivity index (χ4n) is 3.07. The first-order chi connectivity index (χ1) is 12.3. The van der Waals surface area contributed by atoms with Gasteiger partial charge in [-0.15, -0.1) is 0 Å². The standard InChI is InChI=1S/C20H32N2O3S/c1-20(2,3)25-19(23)21-14-8-10-16-9-7-11-17(15-16)22-26(24)18-12-5-4-6-13-18/h7,9,11,15,18,22H,4-6,8,10,12-14H2,1-3H3,(H,21,23). The topological polar surface area (TPSA) is 67.4 Å². The fourth-order valence-corrected chi connectivity index (χ4v) is 4.35. The predicted octanol–water partition coefficient (Wildman–Crippen LogP) is 4.55. The maximum absolute atomic E-state index is 12.5. The third-order valence-corrected chi connectivity index (χ3v) is 5.82. The van der Waals surface area contributed by atoms with E-state index >= 15 is 0 Å². The molecular formula is C20H32N2O3S. The van der Waals surface area contributed by atoms with Gasteiger partial charge < -0.3 is 14.8 Å². The van der Waals surface area contributed by atoms with Crippen molar-refractivity contribution < 1.29 is 13.7 Å². The Labute approximate surface area is 159 Å². The Morgan fingerprint density at radius 1 is 1.23 bits per heavy atom. The lowest BCUT2D eigenvalue weighted by Crippen LogP contribution is -2.33. The molecule has 1 amide bonds. The zero-order valence-corrected chi connectivity index (χ0v) is 17.0. The lowest BCUT2D eigenvalue weighted by atomic mass is 10.0. The highest BCUT2D eigenvalue weighted by Crippen LogP contribution is 2.23. The summed E-state index contributed by atoms with van der Waals surface area (Å²) in [5, 5.41) is 3.04. The number of carbonyl (C=O) groups is 1. The number of rotatable bonds is 7. The van der Waals surface area contributed by atoms with Gasteiger partial charge in [0.2, 0.25) is 0 Å². The van der Waals surface area contributed by atoms with Crippen LogP contribution in [-0.2, 0) is 22.1 Å². The smallest absolute Gasteiger partial charge is 0.407 e. The van der Waals surface area contributed by atoms with Crippen molar-refractivity contribution in [3.05, 3.63) is 29.8 Å². The molecule has 0 spiro atoms. The summed E-state index contributed by atoms with van der Waals surface area (Å²) in [7, 11) is -1.01. The van der Waals surface area contributed by atoms with Crippen LogP contribution in [0.15, 0.2) is 24.3 Å². The second-order valence-corrected chi connectivity index (χ2v) is 9.36. The number of nitrogens with one attached hydrogen (secondary N) is 2. The van der Waals surface area contributed by atoms with E-state index < -0.39 is 16.6 Å². The van der Waals surface area contributed by atoms with Crippen LogP contribution in [0.3, 0.4) is 0 Å². The number of benzene rings is 1. The molecule has 1 atom stereocenters. The molecule has 0 aromatic heterocycles. The minimum Gasteiger partial charge on any atom is -0.444 e. The third-order valence-electron chi connectivity index (χ3n) is 4.31. The third kappa shape index (κ3) is 7.77. The Kier molecular flexibility index (Phi) is 7.94. The first kappa shape index (κ1) is 20.7. The highest BCUT2D eigenvalue weighted by atomic mass is 32.2. The number of hydrogen-bond acceptors (Lipinski definition) is 3. The van der Waals surface area contributed by atoms with Gasteiger partial charge in [-0.3, -0.25) is 0 Å².